The van der Waals surface area contributed by atoms with Gasteiger partial charge in [0.2, 0.25) is 0 Å². The summed E-state index contributed by atoms with van der Waals surface area (Å²) in [4.78, 5) is 10.8. The number of rotatable bonds is 5. The van der Waals surface area contributed by atoms with Crippen LogP contribution < -0.4 is 5.32 Å². The zero-order valence-corrected chi connectivity index (χ0v) is 35.6. The van der Waals surface area contributed by atoms with E-state index in [4.69, 9.17) is 18.8 Å². The van der Waals surface area contributed by atoms with Crippen molar-refractivity contribution in [2.45, 2.75) is 6.17 Å². The van der Waals surface area contributed by atoms with E-state index < -0.39 is 6.17 Å². The van der Waals surface area contributed by atoms with Crippen LogP contribution in [-0.2, 0) is 0 Å². The third-order valence-corrected chi connectivity index (χ3v) is 14.4. The van der Waals surface area contributed by atoms with Crippen molar-refractivity contribution < 1.29 is 8.83 Å². The molecule has 0 aliphatic carbocycles. The number of aliphatic imine (C=N–C) groups is 2. The van der Waals surface area contributed by atoms with Gasteiger partial charge in [-0.05, 0) is 92.3 Å². The summed E-state index contributed by atoms with van der Waals surface area (Å²) < 4.78 is 15.4. The summed E-state index contributed by atoms with van der Waals surface area (Å²) in [5.74, 6) is 1.51. The number of nitrogens with zero attached hydrogens (tertiary/aromatic N) is 2. The van der Waals surface area contributed by atoms with Gasteiger partial charge in [0.25, 0.3) is 0 Å². The lowest BCUT2D eigenvalue weighted by molar-refractivity contribution is 0.668. The minimum atomic E-state index is -0.409. The van der Waals surface area contributed by atoms with Gasteiger partial charge in [0.1, 0.15) is 34.3 Å². The second-order valence-corrected chi connectivity index (χ2v) is 17.9. The van der Waals surface area contributed by atoms with Crippen LogP contribution in [-0.4, -0.2) is 11.7 Å². The summed E-state index contributed by atoms with van der Waals surface area (Å²) in [6.07, 6.45) is -0.409. The van der Waals surface area contributed by atoms with Gasteiger partial charge in [-0.15, -0.1) is 11.3 Å². The average Bonchev–Trinajstić information content (AvgIpc) is 4.07. The lowest BCUT2D eigenvalue weighted by Gasteiger charge is -2.25. The monoisotopic (exact) mass is 849 g/mol. The van der Waals surface area contributed by atoms with Crippen LogP contribution in [0.5, 0.6) is 0 Å². The van der Waals surface area contributed by atoms with Gasteiger partial charge in [-0.3, -0.25) is 0 Å². The molecule has 10 aromatic carbocycles. The highest BCUT2D eigenvalue weighted by molar-refractivity contribution is 7.26. The molecule has 14 rings (SSSR count). The maximum atomic E-state index is 6.71. The first-order valence-electron chi connectivity index (χ1n) is 21.9. The number of furan rings is 2. The van der Waals surface area contributed by atoms with E-state index in [0.29, 0.717) is 5.84 Å². The Morgan fingerprint density at radius 2 is 1.06 bits per heavy atom. The number of nitrogens with one attached hydrogen (secondary N) is 1. The van der Waals surface area contributed by atoms with Gasteiger partial charge in [-0.25, -0.2) is 9.98 Å². The fourth-order valence-corrected chi connectivity index (χ4v) is 11.4. The van der Waals surface area contributed by atoms with E-state index >= 15 is 0 Å². The number of benzene rings is 10. The first-order valence-corrected chi connectivity index (χ1v) is 22.7. The Bertz CT molecular complexity index is 4190. The van der Waals surface area contributed by atoms with E-state index in [2.05, 4.69) is 187 Å². The van der Waals surface area contributed by atoms with Crippen LogP contribution in [0.3, 0.4) is 0 Å². The molecular formula is C59H35N3O2S. The quantitative estimate of drug-likeness (QED) is 0.188. The van der Waals surface area contributed by atoms with Crippen molar-refractivity contribution in [3.8, 4) is 22.3 Å². The van der Waals surface area contributed by atoms with Crippen LogP contribution in [0.15, 0.2) is 219 Å². The Balaban J connectivity index is 0.913. The van der Waals surface area contributed by atoms with E-state index in [1.54, 1.807) is 0 Å². The molecular weight excluding hydrogens is 815 g/mol. The van der Waals surface area contributed by atoms with Crippen LogP contribution in [0.1, 0.15) is 22.9 Å². The second kappa shape index (κ2) is 14.1. The molecule has 6 heteroatoms. The standard InChI is InChI=1S/C59H35N3O2S/c1-2-13-35-32-37(27-26-34(35)12-1)57-60-58(62-59(61-57)48-21-9-20-44-42-16-6-8-25-53(42)65-56(44)48)45-31-30-41(39-14-3-4-15-40(39)45)43-19-11-24-51-55(43)47-29-28-36(33-52(47)64-51)38-18-10-23-50-54(38)46-17-5-7-22-49(46)63-50/h1-33,58H,(H,60,61,62). The molecule has 13 aromatic rings. The van der Waals surface area contributed by atoms with E-state index in [-0.39, 0.29) is 0 Å². The van der Waals surface area contributed by atoms with E-state index in [0.717, 1.165) is 105 Å². The molecule has 0 bridgehead atoms. The summed E-state index contributed by atoms with van der Waals surface area (Å²) >= 11 is 1.81. The maximum absolute atomic E-state index is 6.71. The van der Waals surface area contributed by atoms with Crippen molar-refractivity contribution in [3.63, 3.8) is 0 Å². The summed E-state index contributed by atoms with van der Waals surface area (Å²) in [7, 11) is 0. The van der Waals surface area contributed by atoms with Crippen molar-refractivity contribution in [1.29, 1.82) is 0 Å². The average molecular weight is 850 g/mol. The molecule has 3 aromatic heterocycles. The zero-order valence-electron chi connectivity index (χ0n) is 34.7. The van der Waals surface area contributed by atoms with Gasteiger partial charge in [0.15, 0.2) is 5.84 Å². The molecule has 0 saturated heterocycles. The van der Waals surface area contributed by atoms with Crippen LogP contribution in [0, 0.1) is 0 Å². The van der Waals surface area contributed by atoms with E-state index in [1.807, 2.05) is 29.5 Å². The molecule has 1 unspecified atom stereocenters. The van der Waals surface area contributed by atoms with Crippen molar-refractivity contribution >= 4 is 109 Å². The topological polar surface area (TPSA) is 63.0 Å². The predicted molar refractivity (Wildman–Crippen MR) is 272 cm³/mol. The second-order valence-electron chi connectivity index (χ2n) is 16.8. The summed E-state index contributed by atoms with van der Waals surface area (Å²) in [6.45, 7) is 0. The number of amidine groups is 2. The molecule has 1 aliphatic heterocycles. The van der Waals surface area contributed by atoms with Crippen molar-refractivity contribution in [2.24, 2.45) is 9.98 Å². The fourth-order valence-electron chi connectivity index (χ4n) is 10.2. The molecule has 0 fully saturated rings. The smallest absolute Gasteiger partial charge is 0.159 e. The minimum Gasteiger partial charge on any atom is -0.456 e. The van der Waals surface area contributed by atoms with Crippen LogP contribution in [0.4, 0.5) is 0 Å². The third kappa shape index (κ3) is 5.64. The summed E-state index contributed by atoms with van der Waals surface area (Å²) in [5, 5.41) is 15.3. The Morgan fingerprint density at radius 3 is 1.95 bits per heavy atom. The normalized spacial score (nSPS) is 14.3. The van der Waals surface area contributed by atoms with Gasteiger partial charge in [-0.1, -0.05) is 152 Å². The Morgan fingerprint density at radius 1 is 0.415 bits per heavy atom. The minimum absolute atomic E-state index is 0.409. The highest BCUT2D eigenvalue weighted by Crippen LogP contribution is 2.44. The molecule has 5 nitrogen and oxygen atoms in total. The van der Waals surface area contributed by atoms with Crippen LogP contribution >= 0.6 is 11.3 Å². The van der Waals surface area contributed by atoms with Gasteiger partial charge in [0, 0.05) is 58.4 Å². The number of thiophene rings is 1. The van der Waals surface area contributed by atoms with Crippen molar-refractivity contribution in [1.82, 2.24) is 5.32 Å². The largest absolute Gasteiger partial charge is 0.456 e. The molecule has 65 heavy (non-hydrogen) atoms. The molecule has 0 spiro atoms. The van der Waals surface area contributed by atoms with Gasteiger partial charge in [-0.2, -0.15) is 0 Å². The van der Waals surface area contributed by atoms with Gasteiger partial charge in [0.05, 0.1) is 0 Å². The van der Waals surface area contributed by atoms with E-state index in [9.17, 15) is 0 Å². The Labute approximate surface area is 376 Å². The molecule has 304 valence electrons. The molecule has 1 aliphatic rings. The highest BCUT2D eigenvalue weighted by Gasteiger charge is 2.26. The van der Waals surface area contributed by atoms with Crippen LogP contribution in [0.25, 0.3) is 108 Å². The molecule has 0 saturated carbocycles. The molecule has 1 atom stereocenters. The first-order chi connectivity index (χ1) is 32.2. The Kier molecular flexibility index (Phi) is 7.85. The lowest BCUT2D eigenvalue weighted by atomic mass is 9.91. The van der Waals surface area contributed by atoms with Crippen molar-refractivity contribution in [2.75, 3.05) is 0 Å². The summed E-state index contributed by atoms with van der Waals surface area (Å²) in [6, 6.07) is 70.9. The van der Waals surface area contributed by atoms with Gasteiger partial charge < -0.3 is 14.2 Å². The molecule has 0 amide bonds. The van der Waals surface area contributed by atoms with Crippen LogP contribution in [0.2, 0.25) is 0 Å². The lowest BCUT2D eigenvalue weighted by Crippen LogP contribution is -2.33. The summed E-state index contributed by atoms with van der Waals surface area (Å²) in [5.41, 5.74) is 11.0. The maximum Gasteiger partial charge on any atom is 0.159 e. The third-order valence-electron chi connectivity index (χ3n) is 13.2. The number of fused-ring (bicyclic) bond motifs is 11. The molecule has 0 radical (unpaired) electrons. The number of para-hydroxylation sites is 1. The molecule has 1 N–H and O–H groups in total. The zero-order chi connectivity index (χ0) is 42.6. The van der Waals surface area contributed by atoms with E-state index in [1.165, 1.54) is 25.6 Å². The SMILES string of the molecule is c1ccc2cc(C3=NC(c4ccc(-c5cccc6oc7cc(-c8cccc9oc%10ccccc%10c89)ccc7c56)c5ccccc45)NC(c4cccc5c4sc4ccccc45)=N3)ccc2c1. The first kappa shape index (κ1) is 36.2. The van der Waals surface area contributed by atoms with Gasteiger partial charge >= 0.3 is 0 Å². The van der Waals surface area contributed by atoms with Crippen molar-refractivity contribution in [3.05, 3.63) is 217 Å². The molecule has 4 heterocycles. The predicted octanol–water partition coefficient (Wildman–Crippen LogP) is 16.0. The number of hydrogen-bond donors (Lipinski definition) is 1. The highest BCUT2D eigenvalue weighted by atomic mass is 32.1. The fraction of sp³-hybridized carbons (Fsp3) is 0.0169. The Hall–Kier alpha value is -8.32. The number of hydrogen-bond acceptors (Lipinski definition) is 6.